The van der Waals surface area contributed by atoms with Crippen molar-refractivity contribution in [1.82, 2.24) is 4.98 Å². The van der Waals surface area contributed by atoms with Crippen molar-refractivity contribution in [2.24, 2.45) is 0 Å². The number of pyridine rings is 1. The highest BCUT2D eigenvalue weighted by Crippen LogP contribution is 2.24. The molecular formula is C12H11BrFN3. The molecule has 5 heteroatoms. The Morgan fingerprint density at radius 3 is 2.76 bits per heavy atom. The Hall–Kier alpha value is -1.62. The summed E-state index contributed by atoms with van der Waals surface area (Å²) in [6.07, 6.45) is 0. The van der Waals surface area contributed by atoms with E-state index in [1.807, 2.05) is 13.0 Å². The zero-order chi connectivity index (χ0) is 12.4. The molecule has 0 radical (unpaired) electrons. The summed E-state index contributed by atoms with van der Waals surface area (Å²) in [5.41, 5.74) is 7.76. The molecule has 1 aromatic heterocycles. The summed E-state index contributed by atoms with van der Waals surface area (Å²) in [5, 5.41) is 2.98. The highest BCUT2D eigenvalue weighted by molar-refractivity contribution is 9.10. The fourth-order valence-corrected chi connectivity index (χ4v) is 1.62. The highest BCUT2D eigenvalue weighted by Gasteiger charge is 2.04. The molecule has 0 saturated carbocycles. The number of benzene rings is 1. The van der Waals surface area contributed by atoms with Gasteiger partial charge in [0.25, 0.3) is 0 Å². The molecule has 0 amide bonds. The van der Waals surface area contributed by atoms with Crippen molar-refractivity contribution in [1.29, 1.82) is 0 Å². The van der Waals surface area contributed by atoms with Crippen molar-refractivity contribution in [3.8, 4) is 0 Å². The minimum Gasteiger partial charge on any atom is -0.396 e. The number of anilines is 3. The van der Waals surface area contributed by atoms with Crippen molar-refractivity contribution >= 4 is 33.1 Å². The highest BCUT2D eigenvalue weighted by atomic mass is 79.9. The molecule has 3 nitrogen and oxygen atoms in total. The van der Waals surface area contributed by atoms with Crippen molar-refractivity contribution in [2.45, 2.75) is 6.92 Å². The number of rotatable bonds is 2. The molecule has 17 heavy (non-hydrogen) atoms. The Balaban J connectivity index is 2.31. The second-order valence-electron chi connectivity index (χ2n) is 3.64. The molecule has 1 heterocycles. The summed E-state index contributed by atoms with van der Waals surface area (Å²) in [5.74, 6) is 0.202. The van der Waals surface area contributed by atoms with Gasteiger partial charge in [-0.25, -0.2) is 9.37 Å². The van der Waals surface area contributed by atoms with E-state index in [2.05, 4.69) is 26.2 Å². The summed E-state index contributed by atoms with van der Waals surface area (Å²) in [6.45, 7) is 1.87. The number of nitrogens with two attached hydrogens (primary N) is 1. The Labute approximate surface area is 107 Å². The first-order chi connectivity index (χ1) is 8.06. The lowest BCUT2D eigenvalue weighted by molar-refractivity contribution is 0.622. The maximum atomic E-state index is 13.3. The number of nitrogen functional groups attached to an aromatic ring is 1. The topological polar surface area (TPSA) is 50.9 Å². The molecule has 0 atom stereocenters. The van der Waals surface area contributed by atoms with Crippen LogP contribution in [0.1, 0.15) is 5.69 Å². The zero-order valence-electron chi connectivity index (χ0n) is 9.17. The molecule has 0 fully saturated rings. The second kappa shape index (κ2) is 4.71. The second-order valence-corrected chi connectivity index (χ2v) is 4.50. The minimum absolute atomic E-state index is 0.332. The van der Waals surface area contributed by atoms with E-state index in [4.69, 9.17) is 5.73 Å². The van der Waals surface area contributed by atoms with E-state index in [0.717, 1.165) is 5.69 Å². The van der Waals surface area contributed by atoms with Gasteiger partial charge in [0.05, 0.1) is 10.2 Å². The lowest BCUT2D eigenvalue weighted by atomic mass is 10.3. The van der Waals surface area contributed by atoms with Crippen molar-refractivity contribution < 1.29 is 4.39 Å². The average molecular weight is 296 g/mol. The summed E-state index contributed by atoms with van der Waals surface area (Å²) >= 11 is 3.10. The van der Waals surface area contributed by atoms with Crippen LogP contribution in [0.15, 0.2) is 34.8 Å². The summed E-state index contributed by atoms with van der Waals surface area (Å²) in [7, 11) is 0. The van der Waals surface area contributed by atoms with Gasteiger partial charge in [0.1, 0.15) is 5.82 Å². The van der Waals surface area contributed by atoms with E-state index in [-0.39, 0.29) is 5.82 Å². The summed E-state index contributed by atoms with van der Waals surface area (Å²) in [6, 6.07) is 8.34. The Morgan fingerprint density at radius 2 is 2.06 bits per heavy atom. The number of aryl methyl sites for hydroxylation is 1. The zero-order valence-corrected chi connectivity index (χ0v) is 10.8. The fourth-order valence-electron chi connectivity index (χ4n) is 1.38. The Bertz CT molecular complexity index is 557. The number of hydrogen-bond acceptors (Lipinski definition) is 3. The van der Waals surface area contributed by atoms with Crippen LogP contribution < -0.4 is 11.1 Å². The molecule has 2 rings (SSSR count). The van der Waals surface area contributed by atoms with Gasteiger partial charge < -0.3 is 11.1 Å². The van der Waals surface area contributed by atoms with Crippen LogP contribution in [-0.4, -0.2) is 4.98 Å². The predicted octanol–water partition coefficient (Wildman–Crippen LogP) is 3.62. The van der Waals surface area contributed by atoms with E-state index in [1.54, 1.807) is 18.2 Å². The van der Waals surface area contributed by atoms with Crippen LogP contribution in [0.25, 0.3) is 0 Å². The monoisotopic (exact) mass is 295 g/mol. The van der Waals surface area contributed by atoms with Crippen LogP contribution in [0.4, 0.5) is 21.6 Å². The average Bonchev–Trinajstić information content (AvgIpc) is 2.29. The van der Waals surface area contributed by atoms with Crippen LogP contribution in [0.5, 0.6) is 0 Å². The van der Waals surface area contributed by atoms with Crippen molar-refractivity contribution in [3.63, 3.8) is 0 Å². The number of hydrogen-bond donors (Lipinski definition) is 2. The first-order valence-corrected chi connectivity index (χ1v) is 5.81. The number of nitrogens with zero attached hydrogens (tertiary/aromatic N) is 1. The van der Waals surface area contributed by atoms with Gasteiger partial charge in [-0.2, -0.15) is 0 Å². The van der Waals surface area contributed by atoms with Crippen LogP contribution >= 0.6 is 15.9 Å². The van der Waals surface area contributed by atoms with Gasteiger partial charge in [-0.1, -0.05) is 0 Å². The maximum Gasteiger partial charge on any atom is 0.153 e. The van der Waals surface area contributed by atoms with Gasteiger partial charge in [-0.3, -0.25) is 0 Å². The van der Waals surface area contributed by atoms with Crippen LogP contribution in [0.2, 0.25) is 0 Å². The molecular weight excluding hydrogens is 285 g/mol. The molecule has 0 unspecified atom stereocenters. The largest absolute Gasteiger partial charge is 0.396 e. The SMILES string of the molecule is Cc1ccc(N)c(Nc2ccc(Br)c(F)c2)n1. The summed E-state index contributed by atoms with van der Waals surface area (Å²) in [4.78, 5) is 4.25. The van der Waals surface area contributed by atoms with E-state index < -0.39 is 0 Å². The van der Waals surface area contributed by atoms with E-state index in [9.17, 15) is 4.39 Å². The van der Waals surface area contributed by atoms with E-state index in [0.29, 0.717) is 21.7 Å². The first-order valence-electron chi connectivity index (χ1n) is 5.01. The van der Waals surface area contributed by atoms with Gasteiger partial charge in [0, 0.05) is 11.4 Å². The smallest absolute Gasteiger partial charge is 0.153 e. The number of nitrogens with one attached hydrogen (secondary N) is 1. The third-order valence-electron chi connectivity index (χ3n) is 2.25. The maximum absolute atomic E-state index is 13.3. The molecule has 2 aromatic rings. The quantitative estimate of drug-likeness (QED) is 0.890. The molecule has 0 aliphatic rings. The molecule has 88 valence electrons. The van der Waals surface area contributed by atoms with Gasteiger partial charge in [0.15, 0.2) is 5.82 Å². The Morgan fingerprint density at radius 1 is 1.29 bits per heavy atom. The van der Waals surface area contributed by atoms with Gasteiger partial charge >= 0.3 is 0 Å². The third-order valence-corrected chi connectivity index (χ3v) is 2.89. The number of aromatic nitrogens is 1. The van der Waals surface area contributed by atoms with Crippen molar-refractivity contribution in [2.75, 3.05) is 11.1 Å². The normalized spacial score (nSPS) is 10.3. The van der Waals surface area contributed by atoms with E-state index >= 15 is 0 Å². The van der Waals surface area contributed by atoms with Crippen LogP contribution in [-0.2, 0) is 0 Å². The number of halogens is 2. The standard InChI is InChI=1S/C12H11BrFN3/c1-7-2-5-11(15)12(16-7)17-8-3-4-9(13)10(14)6-8/h2-6H,15H2,1H3,(H,16,17). The molecule has 0 saturated heterocycles. The molecule has 0 aliphatic heterocycles. The molecule has 1 aromatic carbocycles. The molecule has 0 aliphatic carbocycles. The minimum atomic E-state index is -0.332. The lowest BCUT2D eigenvalue weighted by Gasteiger charge is -2.09. The van der Waals surface area contributed by atoms with Gasteiger partial charge in [-0.15, -0.1) is 0 Å². The van der Waals surface area contributed by atoms with Gasteiger partial charge in [-0.05, 0) is 53.2 Å². The Kier molecular flexibility index (Phi) is 3.28. The predicted molar refractivity (Wildman–Crippen MR) is 70.8 cm³/mol. The first kappa shape index (κ1) is 11.9. The van der Waals surface area contributed by atoms with Crippen LogP contribution in [0.3, 0.4) is 0 Å². The van der Waals surface area contributed by atoms with E-state index in [1.165, 1.54) is 6.07 Å². The van der Waals surface area contributed by atoms with Crippen LogP contribution in [0, 0.1) is 12.7 Å². The molecule has 0 spiro atoms. The third kappa shape index (κ3) is 2.74. The fraction of sp³-hybridized carbons (Fsp3) is 0.0833. The molecule has 0 bridgehead atoms. The summed E-state index contributed by atoms with van der Waals surface area (Å²) < 4.78 is 13.7. The van der Waals surface area contributed by atoms with Gasteiger partial charge in [0.2, 0.25) is 0 Å². The van der Waals surface area contributed by atoms with Crippen molar-refractivity contribution in [3.05, 3.63) is 46.3 Å². The molecule has 3 N–H and O–H groups in total. The lowest BCUT2D eigenvalue weighted by Crippen LogP contribution is -2.00.